The standard InChI is InChI=1S/C44H42N6O3/c1-5-17-38-45-40(43(2,3)52)39(42(51)53-4)49(38)30-31-26-28-32(29-27-31)36-24-15-16-25-37(36)41-46-47-48-50(41)44(33-18-9-6-10-19-33,34-20-11-7-12-21-34)35-22-13-8-14-23-35/h6-16,18-29,52H,5,17,30H2,1-4H3. The first-order valence-corrected chi connectivity index (χ1v) is 17.8. The van der Waals surface area contributed by atoms with Gasteiger partial charge in [-0.25, -0.2) is 14.5 Å². The third-order valence-electron chi connectivity index (χ3n) is 9.61. The smallest absolute Gasteiger partial charge is 0.356 e. The van der Waals surface area contributed by atoms with E-state index in [1.807, 2.05) is 76.0 Å². The average Bonchev–Trinajstić information content (AvgIpc) is 3.82. The predicted octanol–water partition coefficient (Wildman–Crippen LogP) is 8.06. The van der Waals surface area contributed by atoms with Crippen LogP contribution in [0.2, 0.25) is 0 Å². The van der Waals surface area contributed by atoms with E-state index in [4.69, 9.17) is 20.0 Å². The van der Waals surface area contributed by atoms with Gasteiger partial charge in [0.15, 0.2) is 11.5 Å². The van der Waals surface area contributed by atoms with Crippen molar-refractivity contribution in [1.29, 1.82) is 0 Å². The summed E-state index contributed by atoms with van der Waals surface area (Å²) in [5.74, 6) is 0.813. The van der Waals surface area contributed by atoms with Crippen LogP contribution in [-0.4, -0.2) is 47.9 Å². The van der Waals surface area contributed by atoms with Crippen molar-refractivity contribution in [3.05, 3.63) is 179 Å². The lowest BCUT2D eigenvalue weighted by Crippen LogP contribution is -2.39. The van der Waals surface area contributed by atoms with Crippen molar-refractivity contribution in [2.45, 2.75) is 51.3 Å². The molecule has 0 bridgehead atoms. The number of hydrogen-bond acceptors (Lipinski definition) is 7. The molecule has 0 aliphatic carbocycles. The van der Waals surface area contributed by atoms with Crippen molar-refractivity contribution in [1.82, 2.24) is 29.8 Å². The van der Waals surface area contributed by atoms with Gasteiger partial charge in [-0.15, -0.1) is 5.10 Å². The number of ether oxygens (including phenoxy) is 1. The fraction of sp³-hybridized carbons (Fsp3) is 0.205. The highest BCUT2D eigenvalue weighted by atomic mass is 16.5. The molecule has 0 fully saturated rings. The van der Waals surface area contributed by atoms with Gasteiger partial charge < -0.3 is 14.4 Å². The Labute approximate surface area is 309 Å². The summed E-state index contributed by atoms with van der Waals surface area (Å²) in [6.45, 7) is 5.71. The number of aryl methyl sites for hydroxylation is 1. The van der Waals surface area contributed by atoms with Gasteiger partial charge >= 0.3 is 5.97 Å². The molecular weight excluding hydrogens is 661 g/mol. The van der Waals surface area contributed by atoms with Gasteiger partial charge in [-0.3, -0.25) is 0 Å². The molecule has 0 atom stereocenters. The molecule has 0 amide bonds. The Kier molecular flexibility index (Phi) is 9.84. The van der Waals surface area contributed by atoms with Crippen molar-refractivity contribution in [3.63, 3.8) is 0 Å². The van der Waals surface area contributed by atoms with Crippen LogP contribution in [0.1, 0.15) is 71.5 Å². The second-order valence-electron chi connectivity index (χ2n) is 13.6. The summed E-state index contributed by atoms with van der Waals surface area (Å²) in [5.41, 5.74) is 5.22. The molecule has 5 aromatic carbocycles. The van der Waals surface area contributed by atoms with E-state index in [9.17, 15) is 9.90 Å². The molecule has 7 aromatic rings. The fourth-order valence-electron chi connectivity index (χ4n) is 7.20. The Hall–Kier alpha value is -6.19. The zero-order valence-electron chi connectivity index (χ0n) is 30.3. The average molecular weight is 703 g/mol. The van der Waals surface area contributed by atoms with E-state index in [2.05, 4.69) is 84.9 Å². The van der Waals surface area contributed by atoms with Gasteiger partial charge in [0.2, 0.25) is 0 Å². The summed E-state index contributed by atoms with van der Waals surface area (Å²) in [7, 11) is 1.35. The Balaban J connectivity index is 1.34. The Morgan fingerprint density at radius 3 is 1.77 bits per heavy atom. The summed E-state index contributed by atoms with van der Waals surface area (Å²) in [6, 6.07) is 47.5. The number of benzene rings is 5. The number of carbonyl (C=O) groups is 1. The van der Waals surface area contributed by atoms with Crippen molar-refractivity contribution < 1.29 is 14.6 Å². The summed E-state index contributed by atoms with van der Waals surface area (Å²) in [5, 5.41) is 24.7. The lowest BCUT2D eigenvalue weighted by Gasteiger charge is -2.36. The van der Waals surface area contributed by atoms with E-state index in [1.165, 1.54) is 7.11 Å². The molecule has 0 spiro atoms. The van der Waals surface area contributed by atoms with Crippen molar-refractivity contribution in [2.24, 2.45) is 0 Å². The second-order valence-corrected chi connectivity index (χ2v) is 13.6. The number of carbonyl (C=O) groups excluding carboxylic acids is 1. The van der Waals surface area contributed by atoms with Crippen LogP contribution in [-0.2, 0) is 28.8 Å². The first-order chi connectivity index (χ1) is 25.8. The van der Waals surface area contributed by atoms with E-state index < -0.39 is 17.1 Å². The highest BCUT2D eigenvalue weighted by Gasteiger charge is 2.42. The molecule has 2 aromatic heterocycles. The quantitative estimate of drug-likeness (QED) is 0.101. The van der Waals surface area contributed by atoms with Crippen LogP contribution in [0.15, 0.2) is 140 Å². The van der Waals surface area contributed by atoms with E-state index in [-0.39, 0.29) is 5.69 Å². The Morgan fingerprint density at radius 1 is 0.736 bits per heavy atom. The first kappa shape index (κ1) is 35.2. The number of aliphatic hydroxyl groups is 1. The number of aromatic nitrogens is 6. The Bertz CT molecular complexity index is 2210. The summed E-state index contributed by atoms with van der Waals surface area (Å²) < 4.78 is 8.98. The number of rotatable bonds is 12. The molecule has 7 rings (SSSR count). The molecule has 266 valence electrons. The maximum atomic E-state index is 13.1. The number of hydrogen-bond donors (Lipinski definition) is 1. The number of imidazole rings is 1. The van der Waals surface area contributed by atoms with Gasteiger partial charge in [0.25, 0.3) is 0 Å². The number of methoxy groups -OCH3 is 1. The SMILES string of the molecule is CCCc1nc(C(C)(C)O)c(C(=O)OC)n1Cc1ccc(-c2ccccc2-c2nnnn2C(c2ccccc2)(c2ccccc2)c2ccccc2)cc1. The van der Waals surface area contributed by atoms with Gasteiger partial charge in [0, 0.05) is 18.5 Å². The van der Waals surface area contributed by atoms with Gasteiger partial charge in [-0.1, -0.05) is 146 Å². The lowest BCUT2D eigenvalue weighted by molar-refractivity contribution is 0.0532. The topological polar surface area (TPSA) is 108 Å². The molecule has 0 aliphatic heterocycles. The molecule has 0 aliphatic rings. The molecule has 0 radical (unpaired) electrons. The minimum atomic E-state index is -1.32. The molecule has 2 heterocycles. The molecule has 53 heavy (non-hydrogen) atoms. The van der Waals surface area contributed by atoms with Gasteiger partial charge in [-0.2, -0.15) is 0 Å². The van der Waals surface area contributed by atoms with Crippen LogP contribution >= 0.6 is 0 Å². The molecule has 0 unspecified atom stereocenters. The van der Waals surface area contributed by atoms with Gasteiger partial charge in [0.05, 0.1) is 7.11 Å². The summed E-state index contributed by atoms with van der Waals surface area (Å²) >= 11 is 0. The third kappa shape index (κ3) is 6.56. The molecule has 9 heteroatoms. The lowest BCUT2D eigenvalue weighted by atomic mass is 9.77. The van der Waals surface area contributed by atoms with E-state index in [0.29, 0.717) is 24.5 Å². The summed E-state index contributed by atoms with van der Waals surface area (Å²) in [4.78, 5) is 17.8. The molecule has 0 saturated heterocycles. The predicted molar refractivity (Wildman–Crippen MR) is 205 cm³/mol. The fourth-order valence-corrected chi connectivity index (χ4v) is 7.20. The largest absolute Gasteiger partial charge is 0.464 e. The van der Waals surface area contributed by atoms with Crippen LogP contribution in [0, 0.1) is 0 Å². The molecular formula is C44H42N6O3. The zero-order valence-corrected chi connectivity index (χ0v) is 30.3. The molecule has 0 saturated carbocycles. The first-order valence-electron chi connectivity index (χ1n) is 17.8. The van der Waals surface area contributed by atoms with E-state index in [1.54, 1.807) is 13.8 Å². The molecule has 1 N–H and O–H groups in total. The maximum Gasteiger partial charge on any atom is 0.356 e. The van der Waals surface area contributed by atoms with Gasteiger partial charge in [-0.05, 0) is 64.1 Å². The van der Waals surface area contributed by atoms with E-state index in [0.717, 1.165) is 51.2 Å². The minimum Gasteiger partial charge on any atom is -0.464 e. The number of tetrazole rings is 1. The zero-order chi connectivity index (χ0) is 37.0. The van der Waals surface area contributed by atoms with Crippen LogP contribution in [0.25, 0.3) is 22.5 Å². The van der Waals surface area contributed by atoms with Crippen molar-refractivity contribution in [3.8, 4) is 22.5 Å². The van der Waals surface area contributed by atoms with E-state index >= 15 is 0 Å². The number of esters is 1. The van der Waals surface area contributed by atoms with Crippen LogP contribution < -0.4 is 0 Å². The van der Waals surface area contributed by atoms with Crippen LogP contribution in [0.4, 0.5) is 0 Å². The monoisotopic (exact) mass is 702 g/mol. The summed E-state index contributed by atoms with van der Waals surface area (Å²) in [6.07, 6.45) is 1.48. The normalized spacial score (nSPS) is 11.8. The van der Waals surface area contributed by atoms with Crippen molar-refractivity contribution in [2.75, 3.05) is 7.11 Å². The third-order valence-corrected chi connectivity index (χ3v) is 9.61. The highest BCUT2D eigenvalue weighted by molar-refractivity contribution is 5.89. The number of nitrogens with zero attached hydrogens (tertiary/aromatic N) is 6. The second kappa shape index (κ2) is 14.8. The minimum absolute atomic E-state index is 0.267. The molecule has 9 nitrogen and oxygen atoms in total. The van der Waals surface area contributed by atoms with Gasteiger partial charge in [0.1, 0.15) is 22.7 Å². The van der Waals surface area contributed by atoms with Crippen molar-refractivity contribution >= 4 is 5.97 Å². The maximum absolute atomic E-state index is 13.1. The van der Waals surface area contributed by atoms with Crippen LogP contribution in [0.5, 0.6) is 0 Å². The van der Waals surface area contributed by atoms with Crippen LogP contribution in [0.3, 0.4) is 0 Å². The highest BCUT2D eigenvalue weighted by Crippen LogP contribution is 2.43. The Morgan fingerprint density at radius 2 is 1.26 bits per heavy atom.